The second kappa shape index (κ2) is 5.83. The highest BCUT2D eigenvalue weighted by Crippen LogP contribution is 2.32. The van der Waals surface area contributed by atoms with Crippen LogP contribution in [0.2, 0.25) is 0 Å². The van der Waals surface area contributed by atoms with Crippen molar-refractivity contribution in [2.75, 3.05) is 11.9 Å². The van der Waals surface area contributed by atoms with Gasteiger partial charge in [0.1, 0.15) is 0 Å². The predicted octanol–water partition coefficient (Wildman–Crippen LogP) is 3.53. The normalized spacial score (nSPS) is 23.9. The van der Waals surface area contributed by atoms with Gasteiger partial charge in [-0.15, -0.1) is 0 Å². The van der Waals surface area contributed by atoms with Crippen LogP contribution in [-0.4, -0.2) is 24.4 Å². The largest absolute Gasteiger partial charge is 0.348 e. The molecule has 0 aliphatic heterocycles. The first-order valence-electron chi connectivity index (χ1n) is 6.83. The maximum Gasteiger partial charge on any atom is 0.186 e. The molecule has 4 heteroatoms. The molecule has 3 nitrogen and oxygen atoms in total. The zero-order valence-electron chi connectivity index (χ0n) is 11.5. The van der Waals surface area contributed by atoms with Gasteiger partial charge < -0.3 is 4.90 Å². The van der Waals surface area contributed by atoms with Crippen molar-refractivity contribution in [2.45, 2.75) is 52.0 Å². The lowest BCUT2D eigenvalue weighted by Crippen LogP contribution is -2.34. The molecular formula is C14H22N2OS. The second-order valence-corrected chi connectivity index (χ2v) is 6.31. The fourth-order valence-corrected chi connectivity index (χ4v) is 3.63. The van der Waals surface area contributed by atoms with E-state index in [9.17, 15) is 4.79 Å². The maximum atomic E-state index is 11.0. The monoisotopic (exact) mass is 266 g/mol. The van der Waals surface area contributed by atoms with E-state index in [1.807, 2.05) is 6.92 Å². The van der Waals surface area contributed by atoms with Crippen molar-refractivity contribution in [1.29, 1.82) is 0 Å². The lowest BCUT2D eigenvalue weighted by atomic mass is 9.87. The molecular weight excluding hydrogens is 244 g/mol. The number of thiazole rings is 1. The van der Waals surface area contributed by atoms with Crippen LogP contribution >= 0.6 is 11.3 Å². The molecule has 0 saturated heterocycles. The molecule has 0 bridgehead atoms. The van der Waals surface area contributed by atoms with Crippen LogP contribution in [0.3, 0.4) is 0 Å². The van der Waals surface area contributed by atoms with E-state index in [0.717, 1.165) is 34.3 Å². The minimum absolute atomic E-state index is 0.594. The summed E-state index contributed by atoms with van der Waals surface area (Å²) in [5, 5.41) is 1.01. The molecule has 0 atom stereocenters. The van der Waals surface area contributed by atoms with Gasteiger partial charge in [0, 0.05) is 13.1 Å². The van der Waals surface area contributed by atoms with Crippen molar-refractivity contribution >= 4 is 22.8 Å². The van der Waals surface area contributed by atoms with Gasteiger partial charge in [0.2, 0.25) is 0 Å². The Labute approximate surface area is 113 Å². The standard InChI is InChI=1S/C14H22N2OS/c1-4-12-13(9-17)18-14(15-12)16(3)11-7-5-10(2)6-8-11/h9-11H,4-8H2,1-3H3. The van der Waals surface area contributed by atoms with Crippen LogP contribution in [0.25, 0.3) is 0 Å². The number of aromatic nitrogens is 1. The summed E-state index contributed by atoms with van der Waals surface area (Å²) < 4.78 is 0. The van der Waals surface area contributed by atoms with Crippen LogP contribution < -0.4 is 4.90 Å². The Bertz CT molecular complexity index is 408. The summed E-state index contributed by atoms with van der Waals surface area (Å²) in [6, 6.07) is 0.594. The number of carbonyl (C=O) groups excluding carboxylic acids is 1. The average molecular weight is 266 g/mol. The summed E-state index contributed by atoms with van der Waals surface area (Å²) in [5.74, 6) is 0.864. The number of carbonyl (C=O) groups is 1. The highest BCUT2D eigenvalue weighted by Gasteiger charge is 2.24. The fourth-order valence-electron chi connectivity index (χ4n) is 2.63. The van der Waals surface area contributed by atoms with Gasteiger partial charge in [-0.1, -0.05) is 25.2 Å². The first kappa shape index (κ1) is 13.5. The first-order valence-corrected chi connectivity index (χ1v) is 7.65. The summed E-state index contributed by atoms with van der Waals surface area (Å²) in [6.45, 7) is 4.38. The van der Waals surface area contributed by atoms with E-state index < -0.39 is 0 Å². The number of hydrogen-bond donors (Lipinski definition) is 0. The minimum Gasteiger partial charge on any atom is -0.348 e. The van der Waals surface area contributed by atoms with Crippen molar-refractivity contribution in [3.8, 4) is 0 Å². The number of aldehydes is 1. The highest BCUT2D eigenvalue weighted by atomic mass is 32.1. The van der Waals surface area contributed by atoms with E-state index in [4.69, 9.17) is 0 Å². The van der Waals surface area contributed by atoms with E-state index in [1.165, 1.54) is 37.0 Å². The topological polar surface area (TPSA) is 33.2 Å². The molecule has 1 aromatic rings. The SMILES string of the molecule is CCc1nc(N(C)C2CCC(C)CC2)sc1C=O. The molecule has 0 N–H and O–H groups in total. The van der Waals surface area contributed by atoms with E-state index in [-0.39, 0.29) is 0 Å². The number of hydrogen-bond acceptors (Lipinski definition) is 4. The molecule has 1 heterocycles. The van der Waals surface area contributed by atoms with Gasteiger partial charge >= 0.3 is 0 Å². The summed E-state index contributed by atoms with van der Waals surface area (Å²) in [7, 11) is 2.12. The fraction of sp³-hybridized carbons (Fsp3) is 0.714. The Hall–Kier alpha value is -0.900. The lowest BCUT2D eigenvalue weighted by Gasteiger charge is -2.33. The van der Waals surface area contributed by atoms with Gasteiger partial charge in [-0.2, -0.15) is 0 Å². The zero-order chi connectivity index (χ0) is 13.1. The van der Waals surface area contributed by atoms with E-state index in [0.29, 0.717) is 6.04 Å². The molecule has 18 heavy (non-hydrogen) atoms. The highest BCUT2D eigenvalue weighted by molar-refractivity contribution is 7.17. The van der Waals surface area contributed by atoms with Crippen LogP contribution in [0.1, 0.15) is 54.9 Å². The maximum absolute atomic E-state index is 11.0. The Balaban J connectivity index is 2.10. The molecule has 1 aliphatic carbocycles. The predicted molar refractivity (Wildman–Crippen MR) is 76.7 cm³/mol. The third-order valence-electron chi connectivity index (χ3n) is 3.99. The van der Waals surface area contributed by atoms with E-state index >= 15 is 0 Å². The first-order chi connectivity index (χ1) is 8.65. The Kier molecular flexibility index (Phi) is 4.38. The van der Waals surface area contributed by atoms with E-state index in [2.05, 4.69) is 23.9 Å². The molecule has 0 radical (unpaired) electrons. The van der Waals surface area contributed by atoms with Crippen molar-refractivity contribution in [1.82, 2.24) is 4.98 Å². The smallest absolute Gasteiger partial charge is 0.186 e. The summed E-state index contributed by atoms with van der Waals surface area (Å²) in [5.41, 5.74) is 0.945. The van der Waals surface area contributed by atoms with Crippen molar-refractivity contribution < 1.29 is 4.79 Å². The number of aryl methyl sites for hydroxylation is 1. The van der Waals surface area contributed by atoms with Gasteiger partial charge in [0.25, 0.3) is 0 Å². The van der Waals surface area contributed by atoms with Gasteiger partial charge in [0.05, 0.1) is 10.6 Å². The summed E-state index contributed by atoms with van der Waals surface area (Å²) >= 11 is 1.53. The number of nitrogens with zero attached hydrogens (tertiary/aromatic N) is 2. The van der Waals surface area contributed by atoms with Gasteiger partial charge in [-0.05, 0) is 38.0 Å². The van der Waals surface area contributed by atoms with Gasteiger partial charge in [-0.3, -0.25) is 4.79 Å². The van der Waals surface area contributed by atoms with E-state index in [1.54, 1.807) is 0 Å². The Morgan fingerprint density at radius 2 is 2.06 bits per heavy atom. The van der Waals surface area contributed by atoms with Crippen LogP contribution in [0.4, 0.5) is 5.13 Å². The van der Waals surface area contributed by atoms with Crippen LogP contribution in [0.5, 0.6) is 0 Å². The van der Waals surface area contributed by atoms with Crippen molar-refractivity contribution in [2.24, 2.45) is 5.92 Å². The molecule has 100 valence electrons. The molecule has 0 spiro atoms. The molecule has 0 amide bonds. The molecule has 1 aromatic heterocycles. The minimum atomic E-state index is 0.594. The van der Waals surface area contributed by atoms with Crippen LogP contribution in [0, 0.1) is 5.92 Å². The molecule has 2 rings (SSSR count). The average Bonchev–Trinajstić information content (AvgIpc) is 2.82. The van der Waals surface area contributed by atoms with Crippen molar-refractivity contribution in [3.63, 3.8) is 0 Å². The summed E-state index contributed by atoms with van der Waals surface area (Å²) in [4.78, 5) is 18.7. The Morgan fingerprint density at radius 1 is 1.39 bits per heavy atom. The Morgan fingerprint density at radius 3 is 2.56 bits per heavy atom. The molecule has 0 unspecified atom stereocenters. The van der Waals surface area contributed by atoms with Crippen LogP contribution in [0.15, 0.2) is 0 Å². The van der Waals surface area contributed by atoms with Gasteiger partial charge in [-0.25, -0.2) is 4.98 Å². The zero-order valence-corrected chi connectivity index (χ0v) is 12.3. The second-order valence-electron chi connectivity index (χ2n) is 5.30. The molecule has 1 aliphatic rings. The lowest BCUT2D eigenvalue weighted by molar-refractivity contribution is 0.112. The molecule has 0 aromatic carbocycles. The number of rotatable bonds is 4. The number of anilines is 1. The quantitative estimate of drug-likeness (QED) is 0.782. The molecule has 1 fully saturated rings. The third-order valence-corrected chi connectivity index (χ3v) is 5.11. The van der Waals surface area contributed by atoms with Gasteiger partial charge in [0.15, 0.2) is 11.4 Å². The third kappa shape index (κ3) is 2.74. The molecule has 1 saturated carbocycles. The summed E-state index contributed by atoms with van der Waals surface area (Å²) in [6.07, 6.45) is 6.88. The van der Waals surface area contributed by atoms with Crippen LogP contribution in [-0.2, 0) is 6.42 Å². The van der Waals surface area contributed by atoms with Crippen molar-refractivity contribution in [3.05, 3.63) is 10.6 Å².